The third-order valence-electron chi connectivity index (χ3n) is 1.91. The summed E-state index contributed by atoms with van der Waals surface area (Å²) in [5, 5.41) is 0. The second-order valence-corrected chi connectivity index (χ2v) is 3.03. The maximum Gasteiger partial charge on any atom is 0.303 e. The number of carbonyl (C=O) groups is 1. The molecule has 3 heteroatoms. The van der Waals surface area contributed by atoms with Gasteiger partial charge in [-0.3, -0.25) is 4.79 Å². The summed E-state index contributed by atoms with van der Waals surface area (Å²) in [5.41, 5.74) is 0.930. The van der Waals surface area contributed by atoms with Crippen LogP contribution < -0.4 is 4.74 Å². The molecule has 0 radical (unpaired) electrons. The van der Waals surface area contributed by atoms with Crippen molar-refractivity contribution >= 4 is 5.97 Å². The first-order valence-electron chi connectivity index (χ1n) is 4.44. The molecule has 1 atom stereocenters. The van der Waals surface area contributed by atoms with E-state index in [2.05, 4.69) is 0 Å². The Balaban J connectivity index is 2.78. The van der Waals surface area contributed by atoms with Crippen LogP contribution in [0.15, 0.2) is 24.3 Å². The Morgan fingerprint density at radius 1 is 1.43 bits per heavy atom. The van der Waals surface area contributed by atoms with Crippen LogP contribution in [0.3, 0.4) is 0 Å². The standard InChI is InChI=1S/C11H14O3/c1-8(14-9(2)12)10-5-4-6-11(7-10)13-3/h4-8H,1-3H3/t8-/m0/s1. The molecule has 0 saturated carbocycles. The van der Waals surface area contributed by atoms with Gasteiger partial charge in [0.1, 0.15) is 11.9 Å². The maximum atomic E-state index is 10.7. The number of hydrogen-bond acceptors (Lipinski definition) is 3. The van der Waals surface area contributed by atoms with Crippen LogP contribution in [-0.2, 0) is 9.53 Å². The fourth-order valence-electron chi connectivity index (χ4n) is 1.21. The number of methoxy groups -OCH3 is 1. The summed E-state index contributed by atoms with van der Waals surface area (Å²) in [4.78, 5) is 10.7. The van der Waals surface area contributed by atoms with Gasteiger partial charge in [0.05, 0.1) is 7.11 Å². The average Bonchev–Trinajstić information content (AvgIpc) is 2.17. The van der Waals surface area contributed by atoms with Gasteiger partial charge < -0.3 is 9.47 Å². The SMILES string of the molecule is COc1cccc([C@H](C)OC(C)=O)c1. The van der Waals surface area contributed by atoms with E-state index in [4.69, 9.17) is 9.47 Å². The van der Waals surface area contributed by atoms with Crippen molar-refractivity contribution in [2.45, 2.75) is 20.0 Å². The van der Waals surface area contributed by atoms with Crippen LogP contribution in [0.1, 0.15) is 25.5 Å². The largest absolute Gasteiger partial charge is 0.497 e. The number of carbonyl (C=O) groups excluding carboxylic acids is 1. The van der Waals surface area contributed by atoms with E-state index in [0.29, 0.717) is 0 Å². The molecule has 0 unspecified atom stereocenters. The highest BCUT2D eigenvalue weighted by Gasteiger charge is 2.08. The van der Waals surface area contributed by atoms with Crippen LogP contribution in [0.4, 0.5) is 0 Å². The molecule has 0 N–H and O–H groups in total. The van der Waals surface area contributed by atoms with Gasteiger partial charge in [-0.05, 0) is 24.6 Å². The fraction of sp³-hybridized carbons (Fsp3) is 0.364. The van der Waals surface area contributed by atoms with E-state index in [1.807, 2.05) is 31.2 Å². The van der Waals surface area contributed by atoms with Crippen molar-refractivity contribution < 1.29 is 14.3 Å². The van der Waals surface area contributed by atoms with E-state index in [0.717, 1.165) is 11.3 Å². The quantitative estimate of drug-likeness (QED) is 0.693. The minimum atomic E-state index is -0.277. The van der Waals surface area contributed by atoms with Gasteiger partial charge in [0.2, 0.25) is 0 Å². The summed E-state index contributed by atoms with van der Waals surface area (Å²) in [6.07, 6.45) is -0.234. The van der Waals surface area contributed by atoms with Gasteiger partial charge in [-0.2, -0.15) is 0 Å². The van der Waals surface area contributed by atoms with Gasteiger partial charge in [-0.25, -0.2) is 0 Å². The van der Waals surface area contributed by atoms with E-state index < -0.39 is 0 Å². The van der Waals surface area contributed by atoms with E-state index >= 15 is 0 Å². The summed E-state index contributed by atoms with van der Waals surface area (Å²) in [6.45, 7) is 3.23. The first-order valence-corrected chi connectivity index (χ1v) is 4.44. The lowest BCUT2D eigenvalue weighted by atomic mass is 10.1. The highest BCUT2D eigenvalue weighted by Crippen LogP contribution is 2.21. The lowest BCUT2D eigenvalue weighted by Crippen LogP contribution is -2.04. The van der Waals surface area contributed by atoms with Gasteiger partial charge in [0.25, 0.3) is 0 Å². The van der Waals surface area contributed by atoms with Gasteiger partial charge >= 0.3 is 5.97 Å². The third-order valence-corrected chi connectivity index (χ3v) is 1.91. The average molecular weight is 194 g/mol. The number of esters is 1. The topological polar surface area (TPSA) is 35.5 Å². The van der Waals surface area contributed by atoms with Gasteiger partial charge in [-0.15, -0.1) is 0 Å². The molecule has 0 spiro atoms. The fourth-order valence-corrected chi connectivity index (χ4v) is 1.21. The van der Waals surface area contributed by atoms with Crippen LogP contribution in [0.2, 0.25) is 0 Å². The number of hydrogen-bond donors (Lipinski definition) is 0. The van der Waals surface area contributed by atoms with Crippen molar-refractivity contribution in [2.75, 3.05) is 7.11 Å². The van der Waals surface area contributed by atoms with Crippen molar-refractivity contribution in [1.29, 1.82) is 0 Å². The predicted molar refractivity (Wildman–Crippen MR) is 53.2 cm³/mol. The van der Waals surface area contributed by atoms with Crippen molar-refractivity contribution in [3.05, 3.63) is 29.8 Å². The molecule has 0 heterocycles. The Kier molecular flexibility index (Phi) is 3.51. The Labute approximate surface area is 83.6 Å². The lowest BCUT2D eigenvalue weighted by molar-refractivity contribution is -0.145. The maximum absolute atomic E-state index is 10.7. The Hall–Kier alpha value is -1.51. The van der Waals surface area contributed by atoms with Crippen LogP contribution in [0.25, 0.3) is 0 Å². The molecule has 3 nitrogen and oxygen atoms in total. The molecule has 76 valence electrons. The molecule has 1 rings (SSSR count). The molecule has 14 heavy (non-hydrogen) atoms. The highest BCUT2D eigenvalue weighted by molar-refractivity contribution is 5.66. The monoisotopic (exact) mass is 194 g/mol. The summed E-state index contributed by atoms with van der Waals surface area (Å²) in [5.74, 6) is 0.488. The Bertz CT molecular complexity index is 320. The molecule has 0 aliphatic rings. The van der Waals surface area contributed by atoms with E-state index in [1.165, 1.54) is 6.92 Å². The molecular formula is C11H14O3. The molecule has 0 bridgehead atoms. The zero-order chi connectivity index (χ0) is 10.6. The van der Waals surface area contributed by atoms with E-state index in [9.17, 15) is 4.79 Å². The third kappa shape index (κ3) is 2.76. The summed E-state index contributed by atoms with van der Waals surface area (Å²) in [6, 6.07) is 7.47. The Morgan fingerprint density at radius 3 is 2.71 bits per heavy atom. The normalized spacial score (nSPS) is 11.9. The lowest BCUT2D eigenvalue weighted by Gasteiger charge is -2.12. The van der Waals surface area contributed by atoms with Gasteiger partial charge in [-0.1, -0.05) is 12.1 Å². The molecule has 0 amide bonds. The van der Waals surface area contributed by atoms with E-state index in [1.54, 1.807) is 7.11 Å². The zero-order valence-electron chi connectivity index (χ0n) is 8.61. The molecule has 0 aromatic heterocycles. The van der Waals surface area contributed by atoms with Crippen molar-refractivity contribution in [2.24, 2.45) is 0 Å². The van der Waals surface area contributed by atoms with Crippen LogP contribution in [-0.4, -0.2) is 13.1 Å². The molecule has 1 aromatic carbocycles. The Morgan fingerprint density at radius 2 is 2.14 bits per heavy atom. The van der Waals surface area contributed by atoms with Crippen molar-refractivity contribution in [1.82, 2.24) is 0 Å². The first-order chi connectivity index (χ1) is 6.63. The van der Waals surface area contributed by atoms with Gasteiger partial charge in [0, 0.05) is 6.92 Å². The van der Waals surface area contributed by atoms with Crippen molar-refractivity contribution in [3.63, 3.8) is 0 Å². The minimum Gasteiger partial charge on any atom is -0.497 e. The minimum absolute atomic E-state index is 0.234. The second-order valence-electron chi connectivity index (χ2n) is 3.03. The molecule has 1 aromatic rings. The number of benzene rings is 1. The van der Waals surface area contributed by atoms with Crippen LogP contribution >= 0.6 is 0 Å². The zero-order valence-corrected chi connectivity index (χ0v) is 8.61. The molecule has 0 aliphatic heterocycles. The molecule has 0 aliphatic carbocycles. The van der Waals surface area contributed by atoms with Crippen molar-refractivity contribution in [3.8, 4) is 5.75 Å². The summed E-state index contributed by atoms with van der Waals surface area (Å²) in [7, 11) is 1.61. The summed E-state index contributed by atoms with van der Waals surface area (Å²) >= 11 is 0. The smallest absolute Gasteiger partial charge is 0.303 e. The van der Waals surface area contributed by atoms with Gasteiger partial charge in [0.15, 0.2) is 0 Å². The first kappa shape index (κ1) is 10.6. The molecular weight excluding hydrogens is 180 g/mol. The highest BCUT2D eigenvalue weighted by atomic mass is 16.5. The predicted octanol–water partition coefficient (Wildman–Crippen LogP) is 2.32. The molecule has 0 saturated heterocycles. The summed E-state index contributed by atoms with van der Waals surface area (Å²) < 4.78 is 10.1. The van der Waals surface area contributed by atoms with Crippen LogP contribution in [0.5, 0.6) is 5.75 Å². The van der Waals surface area contributed by atoms with E-state index in [-0.39, 0.29) is 12.1 Å². The molecule has 0 fully saturated rings. The number of ether oxygens (including phenoxy) is 2. The van der Waals surface area contributed by atoms with Crippen LogP contribution in [0, 0.1) is 0 Å². The second kappa shape index (κ2) is 4.65. The number of rotatable bonds is 3.